The van der Waals surface area contributed by atoms with Crippen LogP contribution in [0.3, 0.4) is 0 Å². The first-order valence-corrected chi connectivity index (χ1v) is 4.84. The first kappa shape index (κ1) is 11.1. The smallest absolute Gasteiger partial charge is 0.0964 e. The second-order valence-electron chi connectivity index (χ2n) is 3.75. The van der Waals surface area contributed by atoms with Gasteiger partial charge in [-0.3, -0.25) is 4.68 Å². The number of hydrogen-bond acceptors (Lipinski definition) is 4. The highest BCUT2D eigenvalue weighted by Gasteiger charge is 2.06. The lowest BCUT2D eigenvalue weighted by Gasteiger charge is -2.13. The van der Waals surface area contributed by atoms with Gasteiger partial charge >= 0.3 is 0 Å². The number of rotatable bonds is 5. The zero-order valence-electron chi connectivity index (χ0n) is 8.94. The molecule has 0 aromatic carbocycles. The largest absolute Gasteiger partial charge is 0.393 e. The van der Waals surface area contributed by atoms with Crippen LogP contribution < -0.4 is 5.32 Å². The number of aliphatic hydroxyl groups excluding tert-OH is 1. The zero-order chi connectivity index (χ0) is 10.6. The lowest BCUT2D eigenvalue weighted by Crippen LogP contribution is -2.28. The Labute approximate surface area is 84.1 Å². The zero-order valence-corrected chi connectivity index (χ0v) is 8.94. The Kier molecular flexibility index (Phi) is 4.03. The molecule has 0 saturated carbocycles. The van der Waals surface area contributed by atoms with Crippen molar-refractivity contribution in [1.82, 2.24) is 20.3 Å². The molecule has 0 radical (unpaired) electrons. The van der Waals surface area contributed by atoms with Crippen molar-refractivity contribution in [1.29, 1.82) is 0 Å². The summed E-state index contributed by atoms with van der Waals surface area (Å²) in [6, 6.07) is 0.289. The summed E-state index contributed by atoms with van der Waals surface area (Å²) in [6.45, 7) is 4.53. The maximum atomic E-state index is 9.15. The Bertz CT molecular complexity index is 272. The van der Waals surface area contributed by atoms with E-state index in [1.165, 1.54) is 0 Å². The van der Waals surface area contributed by atoms with Gasteiger partial charge in [0.05, 0.1) is 11.8 Å². The molecule has 5 heteroatoms. The SMILES string of the molecule is CC(O)CC(C)NCc1cn(C)nn1. The van der Waals surface area contributed by atoms with E-state index < -0.39 is 0 Å². The third-order valence-corrected chi connectivity index (χ3v) is 1.98. The highest BCUT2D eigenvalue weighted by Crippen LogP contribution is 1.98. The van der Waals surface area contributed by atoms with Crippen molar-refractivity contribution in [3.8, 4) is 0 Å². The summed E-state index contributed by atoms with van der Waals surface area (Å²) in [7, 11) is 1.84. The van der Waals surface area contributed by atoms with Crippen LogP contribution in [0.25, 0.3) is 0 Å². The van der Waals surface area contributed by atoms with Gasteiger partial charge in [-0.15, -0.1) is 5.10 Å². The van der Waals surface area contributed by atoms with Crippen LogP contribution >= 0.6 is 0 Å². The van der Waals surface area contributed by atoms with Crippen LogP contribution in [0.5, 0.6) is 0 Å². The van der Waals surface area contributed by atoms with Gasteiger partial charge in [-0.05, 0) is 20.3 Å². The molecule has 0 aliphatic rings. The molecule has 0 amide bonds. The third kappa shape index (κ3) is 3.85. The topological polar surface area (TPSA) is 63.0 Å². The molecule has 0 bridgehead atoms. The van der Waals surface area contributed by atoms with Crippen molar-refractivity contribution < 1.29 is 5.11 Å². The Morgan fingerprint density at radius 2 is 2.29 bits per heavy atom. The molecular formula is C9H18N4O. The third-order valence-electron chi connectivity index (χ3n) is 1.98. The van der Waals surface area contributed by atoms with E-state index >= 15 is 0 Å². The molecule has 0 aliphatic heterocycles. The van der Waals surface area contributed by atoms with E-state index in [1.54, 1.807) is 11.6 Å². The Morgan fingerprint density at radius 3 is 2.79 bits per heavy atom. The van der Waals surface area contributed by atoms with Crippen LogP contribution in [0.2, 0.25) is 0 Å². The number of nitrogens with zero attached hydrogens (tertiary/aromatic N) is 3. The fourth-order valence-corrected chi connectivity index (χ4v) is 1.35. The van der Waals surface area contributed by atoms with Crippen LogP contribution in [0, 0.1) is 0 Å². The van der Waals surface area contributed by atoms with Crippen molar-refractivity contribution in [2.24, 2.45) is 7.05 Å². The van der Waals surface area contributed by atoms with Gasteiger partial charge in [-0.1, -0.05) is 5.21 Å². The molecule has 5 nitrogen and oxygen atoms in total. The summed E-state index contributed by atoms with van der Waals surface area (Å²) in [5, 5.41) is 20.2. The maximum Gasteiger partial charge on any atom is 0.0964 e. The number of aryl methyl sites for hydroxylation is 1. The molecule has 14 heavy (non-hydrogen) atoms. The minimum atomic E-state index is -0.264. The summed E-state index contributed by atoms with van der Waals surface area (Å²) in [5.41, 5.74) is 0.921. The highest BCUT2D eigenvalue weighted by atomic mass is 16.3. The normalized spacial score (nSPS) is 15.4. The van der Waals surface area contributed by atoms with Gasteiger partial charge in [0.2, 0.25) is 0 Å². The molecule has 1 aromatic rings. The van der Waals surface area contributed by atoms with Crippen molar-refractivity contribution in [2.45, 2.75) is 39.0 Å². The summed E-state index contributed by atoms with van der Waals surface area (Å²) in [6.07, 6.45) is 2.36. The van der Waals surface area contributed by atoms with Gasteiger partial charge in [0.25, 0.3) is 0 Å². The standard InChI is InChI=1S/C9H18N4O/c1-7(4-8(2)14)10-5-9-6-13(3)12-11-9/h6-8,10,14H,4-5H2,1-3H3. The fraction of sp³-hybridized carbons (Fsp3) is 0.778. The van der Waals surface area contributed by atoms with Crippen molar-refractivity contribution in [3.63, 3.8) is 0 Å². The average molecular weight is 198 g/mol. The summed E-state index contributed by atoms with van der Waals surface area (Å²) in [4.78, 5) is 0. The van der Waals surface area contributed by atoms with Gasteiger partial charge in [0.1, 0.15) is 0 Å². The number of aliphatic hydroxyl groups is 1. The molecule has 0 saturated heterocycles. The van der Waals surface area contributed by atoms with E-state index in [2.05, 4.69) is 15.6 Å². The monoisotopic (exact) mass is 198 g/mol. The first-order chi connectivity index (χ1) is 6.58. The maximum absolute atomic E-state index is 9.15. The minimum Gasteiger partial charge on any atom is -0.393 e. The summed E-state index contributed by atoms with van der Waals surface area (Å²) >= 11 is 0. The Hall–Kier alpha value is -0.940. The Morgan fingerprint density at radius 1 is 1.57 bits per heavy atom. The van der Waals surface area contributed by atoms with Gasteiger partial charge < -0.3 is 10.4 Å². The van der Waals surface area contributed by atoms with Crippen LogP contribution in [-0.2, 0) is 13.6 Å². The predicted octanol–water partition coefficient (Wildman–Crippen LogP) is 0.0641. The van der Waals surface area contributed by atoms with Crippen LogP contribution in [-0.4, -0.2) is 32.2 Å². The number of aromatic nitrogens is 3. The Balaban J connectivity index is 2.26. The average Bonchev–Trinajstić information content (AvgIpc) is 2.47. The molecule has 2 N–H and O–H groups in total. The van der Waals surface area contributed by atoms with Crippen molar-refractivity contribution in [3.05, 3.63) is 11.9 Å². The van der Waals surface area contributed by atoms with E-state index in [9.17, 15) is 0 Å². The number of hydrogen-bond donors (Lipinski definition) is 2. The molecule has 2 atom stereocenters. The molecule has 0 fully saturated rings. The first-order valence-electron chi connectivity index (χ1n) is 4.84. The predicted molar refractivity (Wildman–Crippen MR) is 53.6 cm³/mol. The molecule has 1 rings (SSSR count). The van der Waals surface area contributed by atoms with Gasteiger partial charge in [0.15, 0.2) is 0 Å². The summed E-state index contributed by atoms with van der Waals surface area (Å²) in [5.74, 6) is 0. The van der Waals surface area contributed by atoms with E-state index in [4.69, 9.17) is 5.11 Å². The molecule has 0 aliphatic carbocycles. The second-order valence-corrected chi connectivity index (χ2v) is 3.75. The fourth-order valence-electron chi connectivity index (χ4n) is 1.35. The number of nitrogens with one attached hydrogen (secondary N) is 1. The van der Waals surface area contributed by atoms with E-state index in [0.29, 0.717) is 6.54 Å². The minimum absolute atomic E-state index is 0.264. The lowest BCUT2D eigenvalue weighted by atomic mass is 10.1. The van der Waals surface area contributed by atoms with E-state index in [0.717, 1.165) is 12.1 Å². The van der Waals surface area contributed by atoms with Crippen LogP contribution in [0.15, 0.2) is 6.20 Å². The van der Waals surface area contributed by atoms with E-state index in [-0.39, 0.29) is 12.1 Å². The summed E-state index contributed by atoms with van der Waals surface area (Å²) < 4.78 is 1.68. The van der Waals surface area contributed by atoms with Crippen LogP contribution in [0.1, 0.15) is 26.0 Å². The molecule has 1 aromatic heterocycles. The molecule has 2 unspecified atom stereocenters. The van der Waals surface area contributed by atoms with E-state index in [1.807, 2.05) is 20.2 Å². The van der Waals surface area contributed by atoms with Gasteiger partial charge in [0, 0.05) is 25.8 Å². The lowest BCUT2D eigenvalue weighted by molar-refractivity contribution is 0.170. The van der Waals surface area contributed by atoms with Gasteiger partial charge in [-0.25, -0.2) is 0 Å². The molecule has 80 valence electrons. The highest BCUT2D eigenvalue weighted by molar-refractivity contribution is 4.91. The van der Waals surface area contributed by atoms with Crippen molar-refractivity contribution >= 4 is 0 Å². The second kappa shape index (κ2) is 5.07. The van der Waals surface area contributed by atoms with Crippen LogP contribution in [0.4, 0.5) is 0 Å². The molecule has 0 spiro atoms. The molecular weight excluding hydrogens is 180 g/mol. The quantitative estimate of drug-likeness (QED) is 0.702. The van der Waals surface area contributed by atoms with Gasteiger partial charge in [-0.2, -0.15) is 0 Å². The van der Waals surface area contributed by atoms with Crippen molar-refractivity contribution in [2.75, 3.05) is 0 Å². The molecule has 1 heterocycles.